The number of hydrogen-bond donors (Lipinski definition) is 1. The highest BCUT2D eigenvalue weighted by Gasteiger charge is 2.41. The fraction of sp³-hybridized carbons (Fsp3) is 0.550. The number of carbonyl (C=O) groups excluding carboxylic acids is 2. The molecule has 1 unspecified atom stereocenters. The fourth-order valence-corrected chi connectivity index (χ4v) is 4.24. The Labute approximate surface area is 177 Å². The van der Waals surface area contributed by atoms with Gasteiger partial charge < -0.3 is 19.4 Å². The summed E-state index contributed by atoms with van der Waals surface area (Å²) in [5.74, 6) is -2.13. The number of nitrogens with one attached hydrogen (secondary N) is 1. The first-order chi connectivity index (χ1) is 13.7. The molecule has 9 nitrogen and oxygen atoms in total. The van der Waals surface area contributed by atoms with Crippen LogP contribution in [-0.4, -0.2) is 48.4 Å². The van der Waals surface area contributed by atoms with Crippen LogP contribution in [0.2, 0.25) is 0 Å². The zero-order valence-corrected chi connectivity index (χ0v) is 19.4. The van der Waals surface area contributed by atoms with E-state index in [0.29, 0.717) is 17.1 Å². The van der Waals surface area contributed by atoms with E-state index in [9.17, 15) is 18.0 Å². The molecule has 1 aliphatic heterocycles. The summed E-state index contributed by atoms with van der Waals surface area (Å²) in [4.78, 5) is 30.0. The van der Waals surface area contributed by atoms with Crippen molar-refractivity contribution in [3.8, 4) is 0 Å². The Bertz CT molecular complexity index is 1040. The number of sulfone groups is 1. The van der Waals surface area contributed by atoms with Crippen molar-refractivity contribution in [2.45, 2.75) is 58.2 Å². The smallest absolute Gasteiger partial charge is 0.337 e. The van der Waals surface area contributed by atoms with E-state index in [1.165, 1.54) is 17.8 Å². The lowest BCUT2D eigenvalue weighted by Gasteiger charge is -2.32. The van der Waals surface area contributed by atoms with Gasteiger partial charge in [0.2, 0.25) is 15.0 Å². The summed E-state index contributed by atoms with van der Waals surface area (Å²) in [6.45, 7) is 10.4. The summed E-state index contributed by atoms with van der Waals surface area (Å²) in [7, 11) is -2.09. The minimum atomic E-state index is -3.62. The summed E-state index contributed by atoms with van der Waals surface area (Å²) >= 11 is 0. The van der Waals surface area contributed by atoms with Crippen molar-refractivity contribution in [3.63, 3.8) is 0 Å². The molecule has 1 atom stereocenters. The zero-order valence-electron chi connectivity index (χ0n) is 18.6. The first kappa shape index (κ1) is 23.7. The summed E-state index contributed by atoms with van der Waals surface area (Å²) in [5.41, 5.74) is 0.999. The topological polar surface area (TPSA) is 117 Å². The lowest BCUT2D eigenvalue weighted by atomic mass is 9.83. The van der Waals surface area contributed by atoms with Gasteiger partial charge in [0.25, 0.3) is 0 Å². The number of aromatic nitrogens is 2. The van der Waals surface area contributed by atoms with E-state index in [1.807, 2.05) is 0 Å². The van der Waals surface area contributed by atoms with Gasteiger partial charge in [0, 0.05) is 24.7 Å². The molecule has 0 aliphatic carbocycles. The number of rotatable bonds is 5. The standard InChI is InChI=1S/C20H29N3O6S/c1-9-28-17(24)14-11(2)22-12(3)15(18(25)29-20(4,5)6)16(14)13-10-21-19(23(13)7)30(8,26)27/h10,16,22H,9H2,1-8H3. The minimum absolute atomic E-state index is 0.146. The van der Waals surface area contributed by atoms with Crippen LogP contribution < -0.4 is 5.32 Å². The summed E-state index contributed by atoms with van der Waals surface area (Å²) < 4.78 is 36.4. The molecule has 2 heterocycles. The molecule has 30 heavy (non-hydrogen) atoms. The molecule has 0 bridgehead atoms. The third-order valence-electron chi connectivity index (χ3n) is 4.48. The highest BCUT2D eigenvalue weighted by Crippen LogP contribution is 2.40. The van der Waals surface area contributed by atoms with Gasteiger partial charge in [-0.25, -0.2) is 23.0 Å². The Hall–Kier alpha value is -2.62. The lowest BCUT2D eigenvalue weighted by Crippen LogP contribution is -2.35. The molecule has 1 aromatic heterocycles. The highest BCUT2D eigenvalue weighted by molar-refractivity contribution is 7.90. The Kier molecular flexibility index (Phi) is 6.51. The Morgan fingerprint density at radius 1 is 1.17 bits per heavy atom. The first-order valence-electron chi connectivity index (χ1n) is 9.49. The molecule has 0 radical (unpaired) electrons. The average molecular weight is 440 g/mol. The van der Waals surface area contributed by atoms with Crippen molar-refractivity contribution in [1.29, 1.82) is 0 Å². The van der Waals surface area contributed by atoms with E-state index in [4.69, 9.17) is 9.47 Å². The largest absolute Gasteiger partial charge is 0.463 e. The van der Waals surface area contributed by atoms with Crippen molar-refractivity contribution in [3.05, 3.63) is 34.4 Å². The van der Waals surface area contributed by atoms with Gasteiger partial charge in [0.1, 0.15) is 5.60 Å². The molecular formula is C20H29N3O6S. The van der Waals surface area contributed by atoms with Gasteiger partial charge in [-0.3, -0.25) is 0 Å². The van der Waals surface area contributed by atoms with Crippen molar-refractivity contribution in [2.75, 3.05) is 12.9 Å². The Balaban J connectivity index is 2.76. The molecule has 1 N–H and O–H groups in total. The molecule has 0 amide bonds. The molecule has 0 spiro atoms. The molecule has 166 valence electrons. The molecule has 0 aromatic carbocycles. The molecule has 2 rings (SSSR count). The number of hydrogen-bond acceptors (Lipinski definition) is 8. The quantitative estimate of drug-likeness (QED) is 0.692. The zero-order chi connectivity index (χ0) is 23.0. The van der Waals surface area contributed by atoms with E-state index in [-0.39, 0.29) is 22.9 Å². The number of allylic oxidation sites excluding steroid dienone is 2. The molecule has 1 aromatic rings. The maximum atomic E-state index is 13.1. The van der Waals surface area contributed by atoms with Gasteiger partial charge in [-0.1, -0.05) is 0 Å². The molecular weight excluding hydrogens is 410 g/mol. The molecule has 0 fully saturated rings. The van der Waals surface area contributed by atoms with E-state index >= 15 is 0 Å². The van der Waals surface area contributed by atoms with Crippen LogP contribution in [0.1, 0.15) is 53.2 Å². The molecule has 10 heteroatoms. The van der Waals surface area contributed by atoms with Gasteiger partial charge in [0.15, 0.2) is 0 Å². The predicted molar refractivity (Wildman–Crippen MR) is 110 cm³/mol. The van der Waals surface area contributed by atoms with Crippen LogP contribution in [-0.2, 0) is 35.9 Å². The third kappa shape index (κ3) is 4.75. The van der Waals surface area contributed by atoms with Crippen molar-refractivity contribution in [1.82, 2.24) is 14.9 Å². The Morgan fingerprint density at radius 2 is 1.70 bits per heavy atom. The van der Waals surface area contributed by atoms with Gasteiger partial charge >= 0.3 is 11.9 Å². The van der Waals surface area contributed by atoms with Crippen LogP contribution in [0.5, 0.6) is 0 Å². The maximum absolute atomic E-state index is 13.1. The van der Waals surface area contributed by atoms with E-state index in [0.717, 1.165) is 6.26 Å². The van der Waals surface area contributed by atoms with Crippen LogP contribution in [0.3, 0.4) is 0 Å². The second-order valence-electron chi connectivity index (χ2n) is 8.15. The van der Waals surface area contributed by atoms with Crippen LogP contribution >= 0.6 is 0 Å². The Morgan fingerprint density at radius 3 is 2.13 bits per heavy atom. The third-order valence-corrected chi connectivity index (χ3v) is 5.53. The number of ether oxygens (including phenoxy) is 2. The normalized spacial score (nSPS) is 17.7. The summed E-state index contributed by atoms with van der Waals surface area (Å²) in [6.07, 6.45) is 2.40. The van der Waals surface area contributed by atoms with E-state index < -0.39 is 33.3 Å². The fourth-order valence-electron chi connectivity index (χ4n) is 3.39. The lowest BCUT2D eigenvalue weighted by molar-refractivity contribution is -0.150. The van der Waals surface area contributed by atoms with Gasteiger partial charge in [-0.15, -0.1) is 0 Å². The average Bonchev–Trinajstić information content (AvgIpc) is 2.93. The number of dihydropyridines is 1. The predicted octanol–water partition coefficient (Wildman–Crippen LogP) is 1.96. The van der Waals surface area contributed by atoms with E-state index in [1.54, 1.807) is 41.5 Å². The molecule has 1 aliphatic rings. The molecule has 0 saturated heterocycles. The molecule has 0 saturated carbocycles. The van der Waals surface area contributed by atoms with Crippen molar-refractivity contribution < 1.29 is 27.5 Å². The van der Waals surface area contributed by atoms with Gasteiger partial charge in [-0.05, 0) is 41.5 Å². The van der Waals surface area contributed by atoms with Crippen LogP contribution in [0.25, 0.3) is 0 Å². The second kappa shape index (κ2) is 8.25. The van der Waals surface area contributed by atoms with E-state index in [2.05, 4.69) is 10.3 Å². The van der Waals surface area contributed by atoms with Crippen LogP contribution in [0.4, 0.5) is 0 Å². The number of imidazole rings is 1. The summed E-state index contributed by atoms with van der Waals surface area (Å²) in [6, 6.07) is 0. The maximum Gasteiger partial charge on any atom is 0.337 e. The van der Waals surface area contributed by atoms with Crippen molar-refractivity contribution in [2.24, 2.45) is 7.05 Å². The second-order valence-corrected chi connectivity index (χ2v) is 10.1. The monoisotopic (exact) mass is 439 g/mol. The number of esters is 2. The van der Waals surface area contributed by atoms with Gasteiger partial charge in [0.05, 0.1) is 35.6 Å². The van der Waals surface area contributed by atoms with Crippen molar-refractivity contribution >= 4 is 21.8 Å². The number of carbonyl (C=O) groups is 2. The van der Waals surface area contributed by atoms with Gasteiger partial charge in [-0.2, -0.15) is 0 Å². The van der Waals surface area contributed by atoms with Crippen LogP contribution in [0, 0.1) is 0 Å². The van der Waals surface area contributed by atoms with Crippen LogP contribution in [0.15, 0.2) is 33.9 Å². The first-order valence-corrected chi connectivity index (χ1v) is 11.4. The summed E-state index contributed by atoms with van der Waals surface area (Å²) in [5, 5.41) is 2.88. The highest BCUT2D eigenvalue weighted by atomic mass is 32.2. The number of nitrogens with zero attached hydrogens (tertiary/aromatic N) is 2. The SMILES string of the molecule is CCOC(=O)C1=C(C)NC(C)=C(C(=O)OC(C)(C)C)C1c1cnc(S(C)(=O)=O)n1C. The minimum Gasteiger partial charge on any atom is -0.463 e.